The summed E-state index contributed by atoms with van der Waals surface area (Å²) in [6.07, 6.45) is 2.35. The molecule has 0 bridgehead atoms. The normalized spacial score (nSPS) is 12.8. The van der Waals surface area contributed by atoms with Gasteiger partial charge in [-0.2, -0.15) is 0 Å². The standard InChI is InChI=1S/C14H21FNPS/c1-4-5-10-18-16-13(14(2,3)17)11-6-8-12(15)9-7-11/h6-9H,4-5,10,17H2,1-3H3/b16-13-. The highest BCUT2D eigenvalue weighted by molar-refractivity contribution is 7.98. The molecule has 0 aromatic heterocycles. The first-order valence-electron chi connectivity index (χ1n) is 6.20. The van der Waals surface area contributed by atoms with Gasteiger partial charge in [0, 0.05) is 10.9 Å². The van der Waals surface area contributed by atoms with Crippen molar-refractivity contribution in [2.75, 3.05) is 5.75 Å². The predicted octanol–water partition coefficient (Wildman–Crippen LogP) is 4.72. The molecule has 1 unspecified atom stereocenters. The number of hydrogen-bond acceptors (Lipinski definition) is 2. The summed E-state index contributed by atoms with van der Waals surface area (Å²) >= 11 is 1.59. The lowest BCUT2D eigenvalue weighted by molar-refractivity contribution is 0.627. The van der Waals surface area contributed by atoms with Crippen LogP contribution < -0.4 is 0 Å². The van der Waals surface area contributed by atoms with E-state index >= 15 is 0 Å². The van der Waals surface area contributed by atoms with Crippen molar-refractivity contribution in [1.29, 1.82) is 0 Å². The Morgan fingerprint density at radius 2 is 1.94 bits per heavy atom. The second-order valence-corrected chi connectivity index (χ2v) is 7.15. The minimum atomic E-state index is -0.210. The van der Waals surface area contributed by atoms with Crippen LogP contribution in [0.25, 0.3) is 0 Å². The minimum absolute atomic E-state index is 0.114. The van der Waals surface area contributed by atoms with E-state index in [0.717, 1.165) is 17.0 Å². The Balaban J connectivity index is 2.88. The van der Waals surface area contributed by atoms with Crippen LogP contribution in [0.5, 0.6) is 0 Å². The van der Waals surface area contributed by atoms with Gasteiger partial charge >= 0.3 is 0 Å². The van der Waals surface area contributed by atoms with Crippen LogP contribution in [0.4, 0.5) is 4.39 Å². The maximum Gasteiger partial charge on any atom is 0.123 e. The van der Waals surface area contributed by atoms with Crippen LogP contribution in [-0.2, 0) is 0 Å². The summed E-state index contributed by atoms with van der Waals surface area (Å²) in [5.74, 6) is 0.820. The first-order chi connectivity index (χ1) is 8.45. The Bertz CT molecular complexity index is 395. The fourth-order valence-electron chi connectivity index (χ4n) is 1.47. The number of rotatable bonds is 6. The maximum absolute atomic E-state index is 12.9. The SMILES string of the molecule is CCCCS/N=C(/c1ccc(F)cc1)C(C)(C)P. The van der Waals surface area contributed by atoms with E-state index in [1.165, 1.54) is 25.0 Å². The highest BCUT2D eigenvalue weighted by atomic mass is 32.2. The Kier molecular flexibility index (Phi) is 6.31. The van der Waals surface area contributed by atoms with E-state index in [1.807, 2.05) is 0 Å². The molecule has 1 atom stereocenters. The van der Waals surface area contributed by atoms with Gasteiger partial charge < -0.3 is 0 Å². The van der Waals surface area contributed by atoms with Gasteiger partial charge in [0.15, 0.2) is 0 Å². The molecule has 0 spiro atoms. The number of benzene rings is 1. The van der Waals surface area contributed by atoms with E-state index in [9.17, 15) is 4.39 Å². The highest BCUT2D eigenvalue weighted by Gasteiger charge is 2.21. The van der Waals surface area contributed by atoms with Crippen LogP contribution in [0.3, 0.4) is 0 Å². The minimum Gasteiger partial charge on any atom is -0.220 e. The van der Waals surface area contributed by atoms with Gasteiger partial charge in [0.1, 0.15) is 5.82 Å². The molecule has 1 rings (SSSR count). The Hall–Kier alpha value is -0.400. The number of halogens is 1. The molecular formula is C14H21FNPS. The summed E-state index contributed by atoms with van der Waals surface area (Å²) in [7, 11) is 2.80. The Morgan fingerprint density at radius 3 is 2.44 bits per heavy atom. The second-order valence-electron chi connectivity index (χ2n) is 4.86. The second kappa shape index (κ2) is 7.25. The average molecular weight is 285 g/mol. The van der Waals surface area contributed by atoms with Crippen LogP contribution in [-0.4, -0.2) is 16.6 Å². The molecule has 0 fully saturated rings. The van der Waals surface area contributed by atoms with Crippen molar-refractivity contribution >= 4 is 26.9 Å². The molecule has 0 heterocycles. The van der Waals surface area contributed by atoms with Gasteiger partial charge in [-0.05, 0) is 36.1 Å². The maximum atomic E-state index is 12.9. The molecule has 0 aliphatic rings. The van der Waals surface area contributed by atoms with Crippen molar-refractivity contribution in [3.63, 3.8) is 0 Å². The summed E-state index contributed by atoms with van der Waals surface area (Å²) in [5, 5.41) is -0.114. The van der Waals surface area contributed by atoms with Gasteiger partial charge in [-0.3, -0.25) is 0 Å². The quantitative estimate of drug-likeness (QED) is 0.319. The number of hydrogen-bond donors (Lipinski definition) is 0. The lowest BCUT2D eigenvalue weighted by Crippen LogP contribution is -2.24. The molecule has 0 amide bonds. The fourth-order valence-corrected chi connectivity index (χ4v) is 2.77. The van der Waals surface area contributed by atoms with Crippen LogP contribution in [0, 0.1) is 5.82 Å². The lowest BCUT2D eigenvalue weighted by Gasteiger charge is -2.21. The van der Waals surface area contributed by atoms with E-state index in [4.69, 9.17) is 0 Å². The molecule has 0 radical (unpaired) electrons. The van der Waals surface area contributed by atoms with Crippen LogP contribution in [0.15, 0.2) is 28.7 Å². The molecule has 0 N–H and O–H groups in total. The number of nitrogens with zero attached hydrogens (tertiary/aromatic N) is 1. The zero-order valence-electron chi connectivity index (χ0n) is 11.2. The monoisotopic (exact) mass is 285 g/mol. The summed E-state index contributed by atoms with van der Waals surface area (Å²) in [6, 6.07) is 6.55. The molecule has 0 aliphatic heterocycles. The summed E-state index contributed by atoms with van der Waals surface area (Å²) in [6.45, 7) is 6.37. The van der Waals surface area contributed by atoms with Gasteiger partial charge in [0.2, 0.25) is 0 Å². The van der Waals surface area contributed by atoms with Gasteiger partial charge in [-0.15, -0.1) is 9.24 Å². The zero-order valence-corrected chi connectivity index (χ0v) is 13.2. The predicted molar refractivity (Wildman–Crippen MR) is 84.1 cm³/mol. The molecule has 1 nitrogen and oxygen atoms in total. The van der Waals surface area contributed by atoms with E-state index < -0.39 is 0 Å². The van der Waals surface area contributed by atoms with Crippen molar-refractivity contribution in [3.05, 3.63) is 35.6 Å². The Morgan fingerprint density at radius 1 is 1.33 bits per heavy atom. The molecule has 18 heavy (non-hydrogen) atoms. The molecule has 0 saturated heterocycles. The van der Waals surface area contributed by atoms with Crippen molar-refractivity contribution in [1.82, 2.24) is 0 Å². The third-order valence-corrected chi connectivity index (χ3v) is 3.53. The van der Waals surface area contributed by atoms with Crippen molar-refractivity contribution in [2.24, 2.45) is 4.40 Å². The highest BCUT2D eigenvalue weighted by Crippen LogP contribution is 2.26. The Labute approximate surface area is 116 Å². The van der Waals surface area contributed by atoms with E-state index in [2.05, 4.69) is 34.4 Å². The third-order valence-electron chi connectivity index (χ3n) is 2.47. The average Bonchev–Trinajstić information content (AvgIpc) is 2.29. The third kappa shape index (κ3) is 5.07. The van der Waals surface area contributed by atoms with Crippen molar-refractivity contribution in [2.45, 2.75) is 38.8 Å². The van der Waals surface area contributed by atoms with Gasteiger partial charge in [-0.1, -0.05) is 39.3 Å². The van der Waals surface area contributed by atoms with Crippen LogP contribution in [0.1, 0.15) is 39.2 Å². The van der Waals surface area contributed by atoms with Crippen molar-refractivity contribution in [3.8, 4) is 0 Å². The smallest absolute Gasteiger partial charge is 0.123 e. The topological polar surface area (TPSA) is 12.4 Å². The molecule has 1 aromatic rings. The first kappa shape index (κ1) is 15.7. The lowest BCUT2D eigenvalue weighted by atomic mass is 9.99. The summed E-state index contributed by atoms with van der Waals surface area (Å²) < 4.78 is 17.6. The summed E-state index contributed by atoms with van der Waals surface area (Å²) in [5.41, 5.74) is 1.98. The fraction of sp³-hybridized carbons (Fsp3) is 0.500. The summed E-state index contributed by atoms with van der Waals surface area (Å²) in [4.78, 5) is 0. The molecule has 0 saturated carbocycles. The zero-order chi connectivity index (χ0) is 13.6. The van der Waals surface area contributed by atoms with Gasteiger partial charge in [-0.25, -0.2) is 8.79 Å². The molecule has 100 valence electrons. The van der Waals surface area contributed by atoms with E-state index in [0.29, 0.717) is 0 Å². The molecule has 1 aromatic carbocycles. The molecular weight excluding hydrogens is 264 g/mol. The van der Waals surface area contributed by atoms with E-state index in [1.54, 1.807) is 24.1 Å². The molecule has 4 heteroatoms. The van der Waals surface area contributed by atoms with Gasteiger partial charge in [0.25, 0.3) is 0 Å². The van der Waals surface area contributed by atoms with Gasteiger partial charge in [0.05, 0.1) is 5.71 Å². The van der Waals surface area contributed by atoms with E-state index in [-0.39, 0.29) is 11.0 Å². The van der Waals surface area contributed by atoms with Crippen molar-refractivity contribution < 1.29 is 4.39 Å². The number of unbranched alkanes of at least 4 members (excludes halogenated alkanes) is 1. The van der Waals surface area contributed by atoms with Crippen LogP contribution >= 0.6 is 21.2 Å². The first-order valence-corrected chi connectivity index (χ1v) is 7.72. The molecule has 0 aliphatic carbocycles. The van der Waals surface area contributed by atoms with Crippen LogP contribution in [0.2, 0.25) is 0 Å². The largest absolute Gasteiger partial charge is 0.220 e.